The van der Waals surface area contributed by atoms with Gasteiger partial charge in [0.05, 0.1) is 13.2 Å². The van der Waals surface area contributed by atoms with E-state index in [2.05, 4.69) is 85.2 Å². The van der Waals surface area contributed by atoms with Gasteiger partial charge in [0.25, 0.3) is 0 Å². The summed E-state index contributed by atoms with van der Waals surface area (Å²) < 4.78 is 6.01. The van der Waals surface area contributed by atoms with E-state index in [-0.39, 0.29) is 24.5 Å². The largest absolute Gasteiger partial charge is 0.480 e. The molecule has 9 nitrogen and oxygen atoms in total. The molecule has 57 heavy (non-hydrogen) atoms. The topological polar surface area (TPSA) is 142 Å². The van der Waals surface area contributed by atoms with Crippen LogP contribution in [0, 0.1) is 0 Å². The molecule has 0 aliphatic rings. The predicted molar refractivity (Wildman–Crippen MR) is 236 cm³/mol. The van der Waals surface area contributed by atoms with E-state index in [0.29, 0.717) is 19.3 Å². The van der Waals surface area contributed by atoms with E-state index in [1.165, 1.54) is 57.8 Å². The van der Waals surface area contributed by atoms with E-state index in [1.54, 1.807) is 0 Å². The minimum absolute atomic E-state index is 0.0236. The van der Waals surface area contributed by atoms with Crippen LogP contribution in [-0.4, -0.2) is 59.3 Å². The monoisotopic (exact) mass is 799 g/mol. The van der Waals surface area contributed by atoms with Crippen LogP contribution >= 0.6 is 0 Å². The smallest absolute Gasteiger partial charge is 0.328 e. The third kappa shape index (κ3) is 39.2. The van der Waals surface area contributed by atoms with E-state index >= 15 is 0 Å². The fourth-order valence-corrected chi connectivity index (χ4v) is 6.33. The van der Waals surface area contributed by atoms with Crippen molar-refractivity contribution in [3.8, 4) is 0 Å². The first kappa shape index (κ1) is 53.5. The van der Waals surface area contributed by atoms with E-state index < -0.39 is 24.5 Å². The molecule has 2 unspecified atom stereocenters. The van der Waals surface area contributed by atoms with Gasteiger partial charge >= 0.3 is 11.9 Å². The van der Waals surface area contributed by atoms with Crippen LogP contribution in [0.4, 0.5) is 0 Å². The molecular formula is C48H82N2O7. The summed E-state index contributed by atoms with van der Waals surface area (Å²) in [4.78, 5) is 47.5. The summed E-state index contributed by atoms with van der Waals surface area (Å²) in [5, 5.41) is 22.5. The molecular weight excluding hydrogens is 717 g/mol. The number of allylic oxidation sites excluding steroid dienone is 10. The van der Waals surface area contributed by atoms with E-state index in [0.717, 1.165) is 103 Å². The SMILES string of the molecule is CC/C=C\C/C=C\C/C=C\C/C=C\C/C=C\CCCCCCCC(=O)OC(CCCCCCCCCC)CCCCCCCC(=O)NCC(=O)NC(CO)C(=O)O. The van der Waals surface area contributed by atoms with Gasteiger partial charge in [0, 0.05) is 12.8 Å². The molecule has 0 radical (unpaired) electrons. The zero-order valence-electron chi connectivity index (χ0n) is 36.1. The highest BCUT2D eigenvalue weighted by molar-refractivity contribution is 5.87. The fraction of sp³-hybridized carbons (Fsp3) is 0.708. The van der Waals surface area contributed by atoms with Gasteiger partial charge in [-0.3, -0.25) is 14.4 Å². The van der Waals surface area contributed by atoms with Gasteiger partial charge in [-0.05, 0) is 83.5 Å². The van der Waals surface area contributed by atoms with Gasteiger partial charge in [0.2, 0.25) is 11.8 Å². The highest BCUT2D eigenvalue weighted by atomic mass is 16.5. The van der Waals surface area contributed by atoms with Crippen LogP contribution in [-0.2, 0) is 23.9 Å². The van der Waals surface area contributed by atoms with Crippen molar-refractivity contribution >= 4 is 23.8 Å². The van der Waals surface area contributed by atoms with Crippen LogP contribution < -0.4 is 10.6 Å². The Kier molecular flexibility index (Phi) is 39.6. The molecule has 0 spiro atoms. The molecule has 2 amide bonds. The lowest BCUT2D eigenvalue weighted by molar-refractivity contribution is -0.150. The Balaban J connectivity index is 4.21. The number of carbonyl (C=O) groups excluding carboxylic acids is 3. The van der Waals surface area contributed by atoms with Crippen LogP contribution in [0.25, 0.3) is 0 Å². The van der Waals surface area contributed by atoms with Crippen molar-refractivity contribution in [2.24, 2.45) is 0 Å². The summed E-state index contributed by atoms with van der Waals surface area (Å²) in [6.45, 7) is 3.35. The van der Waals surface area contributed by atoms with Crippen molar-refractivity contribution in [1.29, 1.82) is 0 Å². The zero-order chi connectivity index (χ0) is 41.9. The second-order valence-electron chi connectivity index (χ2n) is 15.1. The third-order valence-electron chi connectivity index (χ3n) is 9.78. The molecule has 0 fully saturated rings. The number of carboxylic acids is 1. The highest BCUT2D eigenvalue weighted by Gasteiger charge is 2.19. The Bertz CT molecular complexity index is 1140. The van der Waals surface area contributed by atoms with Crippen molar-refractivity contribution in [3.05, 3.63) is 60.8 Å². The summed E-state index contributed by atoms with van der Waals surface area (Å²) in [5.74, 6) is -2.32. The molecule has 9 heteroatoms. The number of amides is 2. The van der Waals surface area contributed by atoms with Crippen molar-refractivity contribution in [1.82, 2.24) is 10.6 Å². The third-order valence-corrected chi connectivity index (χ3v) is 9.78. The van der Waals surface area contributed by atoms with E-state index in [9.17, 15) is 19.2 Å². The summed E-state index contributed by atoms with van der Waals surface area (Å²) in [6, 6.07) is -1.38. The Morgan fingerprint density at radius 2 is 1.00 bits per heavy atom. The van der Waals surface area contributed by atoms with Crippen LogP contribution in [0.1, 0.15) is 194 Å². The Hall–Kier alpha value is -3.46. The van der Waals surface area contributed by atoms with Gasteiger partial charge < -0.3 is 25.6 Å². The van der Waals surface area contributed by atoms with Gasteiger partial charge in [0.1, 0.15) is 12.1 Å². The molecule has 2 atom stereocenters. The van der Waals surface area contributed by atoms with Crippen molar-refractivity contribution in [3.63, 3.8) is 0 Å². The predicted octanol–water partition coefficient (Wildman–Crippen LogP) is 11.3. The molecule has 0 rings (SSSR count). The Labute approximate surface area is 347 Å². The second-order valence-corrected chi connectivity index (χ2v) is 15.1. The standard InChI is InChI=1S/C48H82N2O7/c1-3-5-7-9-11-13-14-15-16-17-18-19-20-21-22-23-24-25-27-32-36-40-47(54)57-43(37-33-29-26-12-10-8-6-4-2)38-34-30-28-31-35-39-45(52)49-41-46(53)50-44(42-51)48(55)56/h5,7,11,13,15-16,18-19,21-22,43-44,51H,3-4,6,8-10,12,14,17,20,23-42H2,1-2H3,(H,49,52)(H,50,53)(H,55,56)/b7-5-,13-11-,16-15-,19-18-,22-21-. The number of carbonyl (C=O) groups is 4. The summed E-state index contributed by atoms with van der Waals surface area (Å²) >= 11 is 0. The second kappa shape index (κ2) is 42.2. The molecule has 0 aliphatic heterocycles. The van der Waals surface area contributed by atoms with Crippen LogP contribution in [0.5, 0.6) is 0 Å². The van der Waals surface area contributed by atoms with Crippen molar-refractivity contribution < 1.29 is 34.1 Å². The van der Waals surface area contributed by atoms with Gasteiger partial charge in [-0.1, -0.05) is 158 Å². The number of hydrogen-bond donors (Lipinski definition) is 4. The van der Waals surface area contributed by atoms with Gasteiger partial charge in [-0.15, -0.1) is 0 Å². The number of esters is 1. The van der Waals surface area contributed by atoms with Crippen LogP contribution in [0.2, 0.25) is 0 Å². The number of rotatable bonds is 40. The molecule has 0 aromatic heterocycles. The first-order chi connectivity index (χ1) is 27.8. The van der Waals surface area contributed by atoms with Crippen LogP contribution in [0.3, 0.4) is 0 Å². The summed E-state index contributed by atoms with van der Waals surface area (Å²) in [5.41, 5.74) is 0. The maximum Gasteiger partial charge on any atom is 0.328 e. The highest BCUT2D eigenvalue weighted by Crippen LogP contribution is 2.19. The average molecular weight is 799 g/mol. The number of aliphatic carboxylic acids is 1. The van der Waals surface area contributed by atoms with E-state index in [1.807, 2.05) is 0 Å². The quantitative estimate of drug-likeness (QED) is 0.0275. The summed E-state index contributed by atoms with van der Waals surface area (Å²) in [7, 11) is 0. The minimum Gasteiger partial charge on any atom is -0.480 e. The van der Waals surface area contributed by atoms with Crippen molar-refractivity contribution in [2.75, 3.05) is 13.2 Å². The Morgan fingerprint density at radius 3 is 1.51 bits per heavy atom. The maximum absolute atomic E-state index is 12.8. The molecule has 0 aromatic rings. The van der Waals surface area contributed by atoms with Gasteiger partial charge in [-0.25, -0.2) is 4.79 Å². The fourth-order valence-electron chi connectivity index (χ4n) is 6.33. The number of nitrogens with one attached hydrogen (secondary N) is 2. The number of unbranched alkanes of at least 4 members (excludes halogenated alkanes) is 16. The number of carboxylic acid groups (broad SMARTS) is 1. The normalized spacial score (nSPS) is 13.0. The lowest BCUT2D eigenvalue weighted by Gasteiger charge is -2.18. The van der Waals surface area contributed by atoms with Gasteiger partial charge in [-0.2, -0.15) is 0 Å². The lowest BCUT2D eigenvalue weighted by Crippen LogP contribution is -2.47. The van der Waals surface area contributed by atoms with E-state index in [4.69, 9.17) is 14.9 Å². The molecule has 0 saturated heterocycles. The van der Waals surface area contributed by atoms with Crippen molar-refractivity contribution in [2.45, 2.75) is 206 Å². The average Bonchev–Trinajstić information content (AvgIpc) is 3.20. The molecule has 0 heterocycles. The maximum atomic E-state index is 12.8. The molecule has 0 bridgehead atoms. The Morgan fingerprint density at radius 1 is 0.544 bits per heavy atom. The zero-order valence-corrected chi connectivity index (χ0v) is 36.1. The first-order valence-electron chi connectivity index (χ1n) is 22.7. The molecule has 0 aliphatic carbocycles. The number of aliphatic hydroxyl groups is 1. The van der Waals surface area contributed by atoms with Gasteiger partial charge in [0.15, 0.2) is 0 Å². The molecule has 0 aromatic carbocycles. The minimum atomic E-state index is -1.38. The first-order valence-corrected chi connectivity index (χ1v) is 22.7. The molecule has 0 saturated carbocycles. The van der Waals surface area contributed by atoms with Crippen LogP contribution in [0.15, 0.2) is 60.8 Å². The lowest BCUT2D eigenvalue weighted by atomic mass is 10.0. The number of hydrogen-bond acceptors (Lipinski definition) is 6. The number of aliphatic hydroxyl groups excluding tert-OH is 1. The molecule has 4 N–H and O–H groups in total. The molecule has 326 valence electrons. The summed E-state index contributed by atoms with van der Waals surface area (Å²) in [6.07, 6.45) is 51.1. The number of ether oxygens (including phenoxy) is 1.